The molecule has 1 heterocycles. The van der Waals surface area contributed by atoms with Gasteiger partial charge in [-0.3, -0.25) is 0 Å². The van der Waals surface area contributed by atoms with E-state index in [0.717, 1.165) is 31.5 Å². The van der Waals surface area contributed by atoms with Crippen molar-refractivity contribution in [2.45, 2.75) is 32.6 Å². The van der Waals surface area contributed by atoms with Crippen LogP contribution in [0.4, 0.5) is 10.1 Å². The molecule has 2 rings (SSSR count). The summed E-state index contributed by atoms with van der Waals surface area (Å²) in [5.41, 5.74) is 1.94. The summed E-state index contributed by atoms with van der Waals surface area (Å²) in [5, 5.41) is 8.86. The van der Waals surface area contributed by atoms with Gasteiger partial charge in [0.1, 0.15) is 5.82 Å². The number of rotatable bonds is 1. The van der Waals surface area contributed by atoms with Gasteiger partial charge in [-0.25, -0.2) is 4.39 Å². The lowest BCUT2D eigenvalue weighted by Crippen LogP contribution is -2.25. The summed E-state index contributed by atoms with van der Waals surface area (Å²) in [7, 11) is 0. The van der Waals surface area contributed by atoms with Crippen LogP contribution in [0.25, 0.3) is 0 Å². The van der Waals surface area contributed by atoms with Crippen molar-refractivity contribution >= 4 is 5.69 Å². The van der Waals surface area contributed by atoms with Crippen LogP contribution < -0.4 is 4.90 Å². The molecule has 0 atom stereocenters. The molecule has 90 valence electrons. The van der Waals surface area contributed by atoms with Crippen LogP contribution in [0.3, 0.4) is 0 Å². The molecule has 1 aliphatic heterocycles. The van der Waals surface area contributed by atoms with Gasteiger partial charge in [-0.2, -0.15) is 5.26 Å². The van der Waals surface area contributed by atoms with Crippen molar-refractivity contribution in [2.75, 3.05) is 18.0 Å². The molecule has 1 aromatic carbocycles. The second-order valence-corrected chi connectivity index (χ2v) is 4.63. The first-order valence-corrected chi connectivity index (χ1v) is 6.17. The molecule has 0 radical (unpaired) electrons. The van der Waals surface area contributed by atoms with E-state index in [-0.39, 0.29) is 5.82 Å². The summed E-state index contributed by atoms with van der Waals surface area (Å²) in [4.78, 5) is 2.11. The Balaban J connectivity index is 2.31. The Labute approximate surface area is 102 Å². The molecule has 17 heavy (non-hydrogen) atoms. The first-order chi connectivity index (χ1) is 8.22. The predicted molar refractivity (Wildman–Crippen MR) is 66.5 cm³/mol. The molecule has 3 heteroatoms. The molecule has 1 saturated heterocycles. The molecule has 0 amide bonds. The Kier molecular flexibility index (Phi) is 3.63. The third-order valence-electron chi connectivity index (χ3n) is 3.36. The monoisotopic (exact) mass is 232 g/mol. The Morgan fingerprint density at radius 1 is 1.18 bits per heavy atom. The fourth-order valence-electron chi connectivity index (χ4n) is 2.34. The Hall–Kier alpha value is -1.56. The molecule has 0 aliphatic carbocycles. The third-order valence-corrected chi connectivity index (χ3v) is 3.36. The smallest absolute Gasteiger partial charge is 0.147 e. The second kappa shape index (κ2) is 5.18. The summed E-state index contributed by atoms with van der Waals surface area (Å²) >= 11 is 0. The number of hydrogen-bond donors (Lipinski definition) is 0. The number of aryl methyl sites for hydroxylation is 1. The molecule has 1 aromatic rings. The van der Waals surface area contributed by atoms with Gasteiger partial charge in [0.05, 0.1) is 17.3 Å². The van der Waals surface area contributed by atoms with Gasteiger partial charge >= 0.3 is 0 Å². The van der Waals surface area contributed by atoms with Crippen LogP contribution in [0.15, 0.2) is 12.1 Å². The Morgan fingerprint density at radius 2 is 1.82 bits per heavy atom. The minimum Gasteiger partial charge on any atom is -0.369 e. The van der Waals surface area contributed by atoms with Gasteiger partial charge in [0, 0.05) is 13.1 Å². The fraction of sp³-hybridized carbons (Fsp3) is 0.500. The average Bonchev–Trinajstić information content (AvgIpc) is 2.60. The molecule has 0 N–H and O–H groups in total. The van der Waals surface area contributed by atoms with Crippen molar-refractivity contribution in [3.8, 4) is 6.07 Å². The van der Waals surface area contributed by atoms with Crippen molar-refractivity contribution in [3.05, 3.63) is 29.1 Å². The number of anilines is 1. The van der Waals surface area contributed by atoms with Crippen LogP contribution >= 0.6 is 0 Å². The van der Waals surface area contributed by atoms with E-state index in [1.54, 1.807) is 6.07 Å². The topological polar surface area (TPSA) is 27.0 Å². The maximum atomic E-state index is 13.9. The van der Waals surface area contributed by atoms with Crippen LogP contribution in [0, 0.1) is 24.1 Å². The van der Waals surface area contributed by atoms with E-state index < -0.39 is 0 Å². The lowest BCUT2D eigenvalue weighted by molar-refractivity contribution is 0.616. The molecule has 0 aromatic heterocycles. The first-order valence-electron chi connectivity index (χ1n) is 6.17. The summed E-state index contributed by atoms with van der Waals surface area (Å²) in [6.45, 7) is 3.70. The van der Waals surface area contributed by atoms with E-state index >= 15 is 0 Å². The maximum absolute atomic E-state index is 13.9. The summed E-state index contributed by atoms with van der Waals surface area (Å²) in [6.07, 6.45) is 4.71. The van der Waals surface area contributed by atoms with E-state index in [2.05, 4.69) is 4.90 Å². The van der Waals surface area contributed by atoms with E-state index in [1.165, 1.54) is 18.9 Å². The van der Waals surface area contributed by atoms with Gasteiger partial charge in [0.2, 0.25) is 0 Å². The van der Waals surface area contributed by atoms with Crippen LogP contribution in [0.1, 0.15) is 36.8 Å². The summed E-state index contributed by atoms with van der Waals surface area (Å²) in [5.74, 6) is -0.269. The molecule has 1 fully saturated rings. The predicted octanol–water partition coefficient (Wildman–Crippen LogP) is 3.39. The van der Waals surface area contributed by atoms with Crippen molar-refractivity contribution in [1.82, 2.24) is 0 Å². The Morgan fingerprint density at radius 3 is 2.41 bits per heavy atom. The number of hydrogen-bond acceptors (Lipinski definition) is 2. The second-order valence-electron chi connectivity index (χ2n) is 4.63. The molecule has 0 unspecified atom stereocenters. The van der Waals surface area contributed by atoms with Crippen LogP contribution in [-0.2, 0) is 0 Å². The molecular weight excluding hydrogens is 215 g/mol. The van der Waals surface area contributed by atoms with Crippen molar-refractivity contribution in [3.63, 3.8) is 0 Å². The molecular formula is C14H17FN2. The van der Waals surface area contributed by atoms with Gasteiger partial charge in [0.15, 0.2) is 0 Å². The van der Waals surface area contributed by atoms with Crippen LogP contribution in [0.2, 0.25) is 0 Å². The zero-order valence-corrected chi connectivity index (χ0v) is 10.2. The number of nitrogens with zero attached hydrogens (tertiary/aromatic N) is 2. The van der Waals surface area contributed by atoms with E-state index in [4.69, 9.17) is 5.26 Å². The molecule has 1 aliphatic rings. The number of nitriles is 1. The molecule has 0 bridgehead atoms. The highest BCUT2D eigenvalue weighted by Crippen LogP contribution is 2.25. The summed E-state index contributed by atoms with van der Waals surface area (Å²) < 4.78 is 13.9. The molecule has 0 spiro atoms. The standard InChI is InChI=1S/C14H17FN2/c1-11-8-14(13(15)9-12(11)10-16)17-6-4-2-3-5-7-17/h8-9H,2-7H2,1H3. The largest absolute Gasteiger partial charge is 0.369 e. The lowest BCUT2D eigenvalue weighted by atomic mass is 10.1. The lowest BCUT2D eigenvalue weighted by Gasteiger charge is -2.23. The highest BCUT2D eigenvalue weighted by molar-refractivity contribution is 5.54. The van der Waals surface area contributed by atoms with Crippen molar-refractivity contribution in [2.24, 2.45) is 0 Å². The average molecular weight is 232 g/mol. The molecule has 0 saturated carbocycles. The van der Waals surface area contributed by atoms with Crippen molar-refractivity contribution < 1.29 is 4.39 Å². The quantitative estimate of drug-likeness (QED) is 0.742. The van der Waals surface area contributed by atoms with E-state index in [9.17, 15) is 4.39 Å². The highest BCUT2D eigenvalue weighted by Gasteiger charge is 2.15. The number of benzene rings is 1. The zero-order chi connectivity index (χ0) is 12.3. The SMILES string of the molecule is Cc1cc(N2CCCCCC2)c(F)cc1C#N. The minimum atomic E-state index is -0.269. The highest BCUT2D eigenvalue weighted by atomic mass is 19.1. The summed E-state index contributed by atoms with van der Waals surface area (Å²) in [6, 6.07) is 5.18. The Bertz CT molecular complexity index is 440. The van der Waals surface area contributed by atoms with Gasteiger partial charge in [0.25, 0.3) is 0 Å². The normalized spacial score (nSPS) is 16.4. The van der Waals surface area contributed by atoms with Crippen LogP contribution in [0.5, 0.6) is 0 Å². The van der Waals surface area contributed by atoms with Crippen LogP contribution in [-0.4, -0.2) is 13.1 Å². The van der Waals surface area contributed by atoms with E-state index in [0.29, 0.717) is 11.3 Å². The fourth-order valence-corrected chi connectivity index (χ4v) is 2.34. The number of halogens is 1. The van der Waals surface area contributed by atoms with Gasteiger partial charge in [-0.05, 0) is 37.5 Å². The zero-order valence-electron chi connectivity index (χ0n) is 10.2. The third kappa shape index (κ3) is 2.58. The van der Waals surface area contributed by atoms with E-state index in [1.807, 2.05) is 13.0 Å². The van der Waals surface area contributed by atoms with Gasteiger partial charge in [-0.15, -0.1) is 0 Å². The molecule has 2 nitrogen and oxygen atoms in total. The van der Waals surface area contributed by atoms with Crippen molar-refractivity contribution in [1.29, 1.82) is 5.26 Å². The maximum Gasteiger partial charge on any atom is 0.147 e. The minimum absolute atomic E-state index is 0.269. The first kappa shape index (κ1) is 11.9. The van der Waals surface area contributed by atoms with Gasteiger partial charge in [-0.1, -0.05) is 12.8 Å². The van der Waals surface area contributed by atoms with Gasteiger partial charge < -0.3 is 4.90 Å².